The van der Waals surface area contributed by atoms with E-state index in [0.29, 0.717) is 11.3 Å². The lowest BCUT2D eigenvalue weighted by Crippen LogP contribution is -2.34. The first-order chi connectivity index (χ1) is 13.0. The van der Waals surface area contributed by atoms with E-state index in [9.17, 15) is 19.1 Å². The highest BCUT2D eigenvalue weighted by Gasteiger charge is 2.11. The third-order valence-electron chi connectivity index (χ3n) is 3.79. The minimum Gasteiger partial charge on any atom is -0.508 e. The van der Waals surface area contributed by atoms with Gasteiger partial charge < -0.3 is 15.7 Å². The summed E-state index contributed by atoms with van der Waals surface area (Å²) < 4.78 is 12.8. The first-order valence-electron chi connectivity index (χ1n) is 8.20. The van der Waals surface area contributed by atoms with Gasteiger partial charge in [-0.1, -0.05) is 0 Å². The van der Waals surface area contributed by atoms with E-state index in [1.165, 1.54) is 36.4 Å². The number of aromatic nitrogens is 2. The Morgan fingerprint density at radius 2 is 1.59 bits per heavy atom. The Morgan fingerprint density at radius 3 is 2.26 bits per heavy atom. The van der Waals surface area contributed by atoms with Crippen molar-refractivity contribution in [3.63, 3.8) is 0 Å². The summed E-state index contributed by atoms with van der Waals surface area (Å²) in [6.07, 6.45) is 0. The first-order valence-corrected chi connectivity index (χ1v) is 8.20. The molecule has 3 aromatic rings. The normalized spacial score (nSPS) is 10.4. The van der Waals surface area contributed by atoms with Crippen molar-refractivity contribution in [1.29, 1.82) is 0 Å². The molecule has 2 aromatic carbocycles. The molecule has 0 aliphatic rings. The molecule has 0 fully saturated rings. The van der Waals surface area contributed by atoms with Gasteiger partial charge in [0.2, 0.25) is 0 Å². The van der Waals surface area contributed by atoms with E-state index in [1.807, 2.05) is 0 Å². The maximum atomic E-state index is 12.8. The molecule has 0 spiro atoms. The van der Waals surface area contributed by atoms with Crippen LogP contribution in [0.15, 0.2) is 54.6 Å². The number of phenolic OH excluding ortho intramolecular Hbond substituents is 1. The number of H-pyrrole nitrogens is 1. The van der Waals surface area contributed by atoms with Gasteiger partial charge in [0.15, 0.2) is 0 Å². The van der Waals surface area contributed by atoms with Crippen molar-refractivity contribution in [2.45, 2.75) is 0 Å². The fraction of sp³-hybridized carbons (Fsp3) is 0.105. The molecule has 0 aliphatic carbocycles. The summed E-state index contributed by atoms with van der Waals surface area (Å²) in [5.41, 5.74) is 1.96. The van der Waals surface area contributed by atoms with Gasteiger partial charge in [-0.2, -0.15) is 5.10 Å². The third kappa shape index (κ3) is 4.69. The molecule has 138 valence electrons. The van der Waals surface area contributed by atoms with E-state index in [2.05, 4.69) is 20.8 Å². The Hall–Kier alpha value is -3.68. The zero-order valence-corrected chi connectivity index (χ0v) is 14.2. The van der Waals surface area contributed by atoms with E-state index in [-0.39, 0.29) is 36.3 Å². The largest absolute Gasteiger partial charge is 0.508 e. The second-order valence-corrected chi connectivity index (χ2v) is 5.73. The molecule has 0 bridgehead atoms. The van der Waals surface area contributed by atoms with Crippen molar-refractivity contribution in [3.05, 3.63) is 71.7 Å². The average molecular weight is 368 g/mol. The summed E-state index contributed by atoms with van der Waals surface area (Å²) in [4.78, 5) is 24.0. The van der Waals surface area contributed by atoms with Crippen LogP contribution in [0.4, 0.5) is 4.39 Å². The monoisotopic (exact) mass is 368 g/mol. The second-order valence-electron chi connectivity index (χ2n) is 5.73. The third-order valence-corrected chi connectivity index (χ3v) is 3.79. The van der Waals surface area contributed by atoms with Gasteiger partial charge in [-0.25, -0.2) is 4.39 Å². The van der Waals surface area contributed by atoms with E-state index in [0.717, 1.165) is 5.56 Å². The van der Waals surface area contributed by atoms with Crippen LogP contribution in [0.1, 0.15) is 20.8 Å². The van der Waals surface area contributed by atoms with Gasteiger partial charge in [0.25, 0.3) is 11.8 Å². The van der Waals surface area contributed by atoms with E-state index < -0.39 is 5.82 Å². The van der Waals surface area contributed by atoms with Crippen LogP contribution in [0.25, 0.3) is 11.3 Å². The molecule has 27 heavy (non-hydrogen) atoms. The number of hydrogen-bond acceptors (Lipinski definition) is 4. The van der Waals surface area contributed by atoms with E-state index >= 15 is 0 Å². The lowest BCUT2D eigenvalue weighted by molar-refractivity contribution is 0.0925. The van der Waals surface area contributed by atoms with Crippen molar-refractivity contribution in [3.8, 4) is 17.0 Å². The number of rotatable bonds is 6. The van der Waals surface area contributed by atoms with Gasteiger partial charge in [-0.3, -0.25) is 14.7 Å². The molecule has 1 aromatic heterocycles. The summed E-state index contributed by atoms with van der Waals surface area (Å²) in [6.45, 7) is 0.445. The molecule has 0 unspecified atom stereocenters. The number of carbonyl (C=O) groups excluding carboxylic acids is 2. The van der Waals surface area contributed by atoms with Crippen LogP contribution >= 0.6 is 0 Å². The van der Waals surface area contributed by atoms with Crippen LogP contribution in [0.5, 0.6) is 5.75 Å². The van der Waals surface area contributed by atoms with Crippen LogP contribution in [0, 0.1) is 5.82 Å². The van der Waals surface area contributed by atoms with Crippen LogP contribution in [-0.4, -0.2) is 40.2 Å². The summed E-state index contributed by atoms with van der Waals surface area (Å²) in [5.74, 6) is -0.969. The van der Waals surface area contributed by atoms with Crippen molar-refractivity contribution in [2.24, 2.45) is 0 Å². The zero-order valence-electron chi connectivity index (χ0n) is 14.2. The summed E-state index contributed by atoms with van der Waals surface area (Å²) >= 11 is 0. The number of aromatic hydroxyl groups is 1. The zero-order chi connectivity index (χ0) is 19.2. The summed E-state index contributed by atoms with van der Waals surface area (Å²) in [5, 5.41) is 21.3. The molecule has 0 radical (unpaired) electrons. The SMILES string of the molecule is O=C(NCCNC(=O)c1cc(-c2ccc(O)cc2)n[nH]1)c1ccc(F)cc1. The molecule has 8 heteroatoms. The maximum absolute atomic E-state index is 12.8. The van der Waals surface area contributed by atoms with Crippen molar-refractivity contribution in [1.82, 2.24) is 20.8 Å². The Balaban J connectivity index is 1.47. The number of carbonyl (C=O) groups is 2. The Labute approximate surface area is 154 Å². The molecular weight excluding hydrogens is 351 g/mol. The Bertz CT molecular complexity index is 936. The molecule has 4 N–H and O–H groups in total. The molecule has 0 saturated heterocycles. The summed E-state index contributed by atoms with van der Waals surface area (Å²) in [6, 6.07) is 13.2. The van der Waals surface area contributed by atoms with Gasteiger partial charge in [-0.15, -0.1) is 0 Å². The highest BCUT2D eigenvalue weighted by atomic mass is 19.1. The van der Waals surface area contributed by atoms with Crippen molar-refractivity contribution < 1.29 is 19.1 Å². The molecule has 2 amide bonds. The minimum absolute atomic E-state index is 0.148. The lowest BCUT2D eigenvalue weighted by Gasteiger charge is -2.06. The fourth-order valence-corrected chi connectivity index (χ4v) is 2.37. The molecular formula is C19H17FN4O3. The number of hydrogen-bond donors (Lipinski definition) is 4. The van der Waals surface area contributed by atoms with E-state index in [4.69, 9.17) is 0 Å². The second kappa shape index (κ2) is 8.13. The van der Waals surface area contributed by atoms with Gasteiger partial charge in [0, 0.05) is 24.2 Å². The van der Waals surface area contributed by atoms with Crippen molar-refractivity contribution >= 4 is 11.8 Å². The smallest absolute Gasteiger partial charge is 0.269 e. The van der Waals surface area contributed by atoms with Gasteiger partial charge in [0.1, 0.15) is 17.3 Å². The average Bonchev–Trinajstić information content (AvgIpc) is 3.16. The number of amides is 2. The Kier molecular flexibility index (Phi) is 5.46. The molecule has 0 saturated carbocycles. The number of nitrogens with one attached hydrogen (secondary N) is 3. The molecule has 0 aliphatic heterocycles. The van der Waals surface area contributed by atoms with Crippen molar-refractivity contribution in [2.75, 3.05) is 13.1 Å². The van der Waals surface area contributed by atoms with Gasteiger partial charge in [-0.05, 0) is 54.6 Å². The Morgan fingerprint density at radius 1 is 0.963 bits per heavy atom. The molecule has 3 rings (SSSR count). The first kappa shape index (κ1) is 18.1. The maximum Gasteiger partial charge on any atom is 0.269 e. The predicted molar refractivity (Wildman–Crippen MR) is 96.8 cm³/mol. The van der Waals surface area contributed by atoms with Crippen LogP contribution in [0.3, 0.4) is 0 Å². The number of halogens is 1. The topological polar surface area (TPSA) is 107 Å². The minimum atomic E-state index is -0.412. The molecule has 0 atom stereocenters. The highest BCUT2D eigenvalue weighted by molar-refractivity contribution is 5.94. The summed E-state index contributed by atoms with van der Waals surface area (Å²) in [7, 11) is 0. The highest BCUT2D eigenvalue weighted by Crippen LogP contribution is 2.20. The van der Waals surface area contributed by atoms with Gasteiger partial charge in [0.05, 0.1) is 5.69 Å². The number of aromatic amines is 1. The number of nitrogens with zero attached hydrogens (tertiary/aromatic N) is 1. The van der Waals surface area contributed by atoms with Crippen LogP contribution in [-0.2, 0) is 0 Å². The van der Waals surface area contributed by atoms with Gasteiger partial charge >= 0.3 is 0 Å². The quantitative estimate of drug-likeness (QED) is 0.500. The number of benzene rings is 2. The van der Waals surface area contributed by atoms with E-state index in [1.54, 1.807) is 18.2 Å². The standard InChI is InChI=1S/C19H17FN4O3/c20-14-5-1-13(2-6-14)18(26)21-9-10-22-19(27)17-11-16(23-24-17)12-3-7-15(25)8-4-12/h1-8,11,25H,9-10H2,(H,21,26)(H,22,27)(H,23,24). The van der Waals surface area contributed by atoms with Crippen LogP contribution < -0.4 is 10.6 Å². The van der Waals surface area contributed by atoms with Crippen LogP contribution in [0.2, 0.25) is 0 Å². The lowest BCUT2D eigenvalue weighted by atomic mass is 10.1. The molecule has 7 nitrogen and oxygen atoms in total. The number of phenols is 1. The molecule has 1 heterocycles. The fourth-order valence-electron chi connectivity index (χ4n) is 2.37. The predicted octanol–water partition coefficient (Wildman–Crippen LogP) is 2.08.